The molecule has 1 aromatic heterocycles. The number of nitrogens with zero attached hydrogens (tertiary/aromatic N) is 1. The summed E-state index contributed by atoms with van der Waals surface area (Å²) in [5, 5.41) is 13.0. The van der Waals surface area contributed by atoms with E-state index in [0.29, 0.717) is 0 Å². The van der Waals surface area contributed by atoms with E-state index in [9.17, 15) is 5.21 Å². The molecule has 0 spiro atoms. The maximum Gasteiger partial charge on any atom is 0.236 e. The van der Waals surface area contributed by atoms with Gasteiger partial charge in [-0.15, -0.1) is 0 Å². The summed E-state index contributed by atoms with van der Waals surface area (Å²) < 4.78 is 0.889. The average molecular weight is 177 g/mol. The second kappa shape index (κ2) is 2.95. The van der Waals surface area contributed by atoms with Crippen LogP contribution in [-0.2, 0) is 0 Å². The van der Waals surface area contributed by atoms with Crippen LogP contribution in [0, 0.1) is 5.21 Å². The summed E-state index contributed by atoms with van der Waals surface area (Å²) in [7, 11) is 0. The first-order valence-corrected chi connectivity index (χ1v) is 4.53. The van der Waals surface area contributed by atoms with E-state index < -0.39 is 0 Å². The molecule has 0 N–H and O–H groups in total. The molecule has 0 aliphatic rings. The highest BCUT2D eigenvalue weighted by atomic mass is 32.1. The minimum atomic E-state index is 0.723. The molecule has 60 valence electrons. The van der Waals surface area contributed by atoms with E-state index in [0.717, 1.165) is 16.0 Å². The van der Waals surface area contributed by atoms with Gasteiger partial charge in [-0.1, -0.05) is 29.5 Å². The molecule has 0 aliphatic heterocycles. The fraction of sp³-hybridized carbons (Fsp3) is 0. The first-order valence-electron chi connectivity index (χ1n) is 3.59. The third-order valence-corrected chi connectivity index (χ3v) is 2.32. The number of rotatable bonds is 1. The highest BCUT2D eigenvalue weighted by Gasteiger charge is 2.07. The van der Waals surface area contributed by atoms with Gasteiger partial charge in [-0.3, -0.25) is 0 Å². The topological polar surface area (TPSA) is 26.9 Å². The molecule has 0 fully saturated rings. The van der Waals surface area contributed by atoms with Crippen molar-refractivity contribution in [2.75, 3.05) is 0 Å². The predicted molar refractivity (Wildman–Crippen MR) is 48.7 cm³/mol. The summed E-state index contributed by atoms with van der Waals surface area (Å²) in [5.41, 5.74) is 3.23. The van der Waals surface area contributed by atoms with Crippen molar-refractivity contribution in [1.29, 1.82) is 0 Å². The van der Waals surface area contributed by atoms with E-state index in [-0.39, 0.29) is 0 Å². The van der Waals surface area contributed by atoms with Crippen molar-refractivity contribution in [3.05, 3.63) is 46.4 Å². The first-order chi connectivity index (χ1) is 5.88. The molecule has 2 rings (SSSR count). The molecular weight excluding hydrogens is 170 g/mol. The second-order valence-corrected chi connectivity index (χ2v) is 3.16. The standard InChI is InChI=1S/C9H7NOS/c11-10-7-12-6-9(10)8-4-2-1-3-5-8/h1-7H. The highest BCUT2D eigenvalue weighted by molar-refractivity contribution is 7.07. The van der Waals surface area contributed by atoms with E-state index in [4.69, 9.17) is 0 Å². The molecule has 0 saturated carbocycles. The minimum Gasteiger partial charge on any atom is -0.618 e. The van der Waals surface area contributed by atoms with Crippen LogP contribution in [0.1, 0.15) is 0 Å². The summed E-state index contributed by atoms with van der Waals surface area (Å²) in [6.07, 6.45) is 0. The summed E-state index contributed by atoms with van der Waals surface area (Å²) in [4.78, 5) is 0. The number of thiazole rings is 1. The SMILES string of the molecule is [O-][n+]1cscc1-c1ccccc1. The summed E-state index contributed by atoms with van der Waals surface area (Å²) in [6.45, 7) is 0. The van der Waals surface area contributed by atoms with Crippen LogP contribution in [0.25, 0.3) is 11.3 Å². The molecule has 0 radical (unpaired) electrons. The lowest BCUT2D eigenvalue weighted by molar-refractivity contribution is -0.588. The van der Waals surface area contributed by atoms with Gasteiger partial charge in [0.25, 0.3) is 0 Å². The van der Waals surface area contributed by atoms with E-state index in [1.807, 2.05) is 35.7 Å². The van der Waals surface area contributed by atoms with Gasteiger partial charge >= 0.3 is 0 Å². The lowest BCUT2D eigenvalue weighted by Gasteiger charge is -1.96. The molecule has 0 atom stereocenters. The molecular formula is C9H7NOS. The van der Waals surface area contributed by atoms with E-state index >= 15 is 0 Å². The van der Waals surface area contributed by atoms with E-state index in [1.54, 1.807) is 5.51 Å². The average Bonchev–Trinajstić information content (AvgIpc) is 2.53. The van der Waals surface area contributed by atoms with Crippen LogP contribution in [-0.4, -0.2) is 0 Å². The largest absolute Gasteiger partial charge is 0.618 e. The molecule has 0 aliphatic carbocycles. The Morgan fingerprint density at radius 3 is 2.50 bits per heavy atom. The van der Waals surface area contributed by atoms with Crippen LogP contribution in [0.4, 0.5) is 0 Å². The van der Waals surface area contributed by atoms with Gasteiger partial charge in [-0.25, -0.2) is 0 Å². The van der Waals surface area contributed by atoms with Crippen LogP contribution in [0.2, 0.25) is 0 Å². The zero-order valence-corrected chi connectivity index (χ0v) is 7.12. The van der Waals surface area contributed by atoms with Gasteiger partial charge in [0, 0.05) is 5.56 Å². The molecule has 1 heterocycles. The Labute approximate surface area is 74.3 Å². The molecule has 2 nitrogen and oxygen atoms in total. The molecule has 3 heteroatoms. The van der Waals surface area contributed by atoms with Gasteiger partial charge in [-0.2, -0.15) is 4.73 Å². The number of hydrogen-bond acceptors (Lipinski definition) is 2. The third-order valence-electron chi connectivity index (χ3n) is 1.64. The molecule has 0 saturated heterocycles. The summed E-state index contributed by atoms with van der Waals surface area (Å²) in [6, 6.07) is 9.64. The normalized spacial score (nSPS) is 10.0. The molecule has 1 aromatic carbocycles. The molecule has 2 aromatic rings. The second-order valence-electron chi connectivity index (χ2n) is 2.44. The van der Waals surface area contributed by atoms with Crippen LogP contribution in [0.5, 0.6) is 0 Å². The minimum absolute atomic E-state index is 0.723. The summed E-state index contributed by atoms with van der Waals surface area (Å²) in [5.74, 6) is 0. The Morgan fingerprint density at radius 2 is 1.92 bits per heavy atom. The van der Waals surface area contributed by atoms with E-state index in [1.165, 1.54) is 11.3 Å². The quantitative estimate of drug-likeness (QED) is 0.483. The molecule has 0 bridgehead atoms. The van der Waals surface area contributed by atoms with Gasteiger partial charge in [0.2, 0.25) is 11.2 Å². The lowest BCUT2D eigenvalue weighted by Crippen LogP contribution is -2.24. The third kappa shape index (κ3) is 1.19. The summed E-state index contributed by atoms with van der Waals surface area (Å²) >= 11 is 1.41. The van der Waals surface area contributed by atoms with Crippen molar-refractivity contribution in [2.24, 2.45) is 0 Å². The molecule has 0 unspecified atom stereocenters. The van der Waals surface area contributed by atoms with Crippen molar-refractivity contribution in [1.82, 2.24) is 0 Å². The molecule has 12 heavy (non-hydrogen) atoms. The van der Waals surface area contributed by atoms with Gasteiger partial charge in [0.1, 0.15) is 0 Å². The first kappa shape index (κ1) is 7.31. The predicted octanol–water partition coefficient (Wildman–Crippen LogP) is 2.05. The lowest BCUT2D eigenvalue weighted by atomic mass is 10.2. The fourth-order valence-corrected chi connectivity index (χ4v) is 1.72. The van der Waals surface area contributed by atoms with Crippen LogP contribution in [0.3, 0.4) is 0 Å². The van der Waals surface area contributed by atoms with Crippen LogP contribution >= 0.6 is 11.3 Å². The van der Waals surface area contributed by atoms with Crippen molar-refractivity contribution in [3.8, 4) is 11.3 Å². The van der Waals surface area contributed by atoms with Gasteiger partial charge in [0.05, 0.1) is 5.38 Å². The van der Waals surface area contributed by atoms with Crippen molar-refractivity contribution >= 4 is 11.3 Å². The smallest absolute Gasteiger partial charge is 0.236 e. The number of benzene rings is 1. The maximum absolute atomic E-state index is 11.1. The van der Waals surface area contributed by atoms with E-state index in [2.05, 4.69) is 0 Å². The monoisotopic (exact) mass is 177 g/mol. The van der Waals surface area contributed by atoms with Crippen molar-refractivity contribution in [2.45, 2.75) is 0 Å². The maximum atomic E-state index is 11.1. The zero-order valence-electron chi connectivity index (χ0n) is 6.31. The molecule has 0 amide bonds. The Kier molecular flexibility index (Phi) is 1.80. The van der Waals surface area contributed by atoms with Crippen molar-refractivity contribution < 1.29 is 4.73 Å². The fourth-order valence-electron chi connectivity index (χ4n) is 1.06. The highest BCUT2D eigenvalue weighted by Crippen LogP contribution is 2.15. The van der Waals surface area contributed by atoms with Crippen LogP contribution in [0.15, 0.2) is 41.2 Å². The zero-order chi connectivity index (χ0) is 8.39. The number of hydrogen-bond donors (Lipinski definition) is 0. The van der Waals surface area contributed by atoms with Gasteiger partial charge < -0.3 is 5.21 Å². The Balaban J connectivity index is 2.51. The van der Waals surface area contributed by atoms with Crippen molar-refractivity contribution in [3.63, 3.8) is 0 Å². The number of aromatic nitrogens is 1. The Bertz CT molecular complexity index is 369. The van der Waals surface area contributed by atoms with Gasteiger partial charge in [0.15, 0.2) is 0 Å². The Morgan fingerprint density at radius 1 is 1.17 bits per heavy atom. The Hall–Kier alpha value is -1.35. The van der Waals surface area contributed by atoms with Crippen LogP contribution < -0.4 is 4.73 Å². The van der Waals surface area contributed by atoms with Gasteiger partial charge in [-0.05, 0) is 12.1 Å².